The fourth-order valence-electron chi connectivity index (χ4n) is 2.60. The van der Waals surface area contributed by atoms with Crippen molar-refractivity contribution >= 4 is 21.9 Å². The van der Waals surface area contributed by atoms with Crippen LogP contribution in [0.3, 0.4) is 0 Å². The lowest BCUT2D eigenvalue weighted by Crippen LogP contribution is -2.49. The largest absolute Gasteiger partial charge is 0.431 e. The number of carbonyl (C=O) groups is 1. The van der Waals surface area contributed by atoms with Crippen molar-refractivity contribution in [3.63, 3.8) is 0 Å². The van der Waals surface area contributed by atoms with Crippen LogP contribution in [0.25, 0.3) is 0 Å². The van der Waals surface area contributed by atoms with E-state index >= 15 is 0 Å². The lowest BCUT2D eigenvalue weighted by Gasteiger charge is -2.27. The van der Waals surface area contributed by atoms with Crippen LogP contribution in [0, 0.1) is 11.3 Å². The van der Waals surface area contributed by atoms with Crippen LogP contribution in [-0.2, 0) is 16.4 Å². The number of aliphatic hydroxyl groups excluding tert-OH is 2. The number of benzene rings is 1. The summed E-state index contributed by atoms with van der Waals surface area (Å²) >= 11 is 0. The third-order valence-electron chi connectivity index (χ3n) is 3.98. The summed E-state index contributed by atoms with van der Waals surface area (Å²) < 4.78 is 29.4. The number of amides is 1. The van der Waals surface area contributed by atoms with Crippen LogP contribution >= 0.6 is 0 Å². The van der Waals surface area contributed by atoms with E-state index in [4.69, 9.17) is 9.68 Å². The standard InChI is InChI=1S/C18H22N4O6S/c1-29(26,27)22-18-21-14(11-28-18)17(25)20-13(10-12-6-3-2-4-7-12)16(24)15(23)8-5-9-19/h2-4,6-7,11,13,15-16,23-24H,5,8,10H2,1H3,(H,20,25)(H,21,22). The van der Waals surface area contributed by atoms with Crippen molar-refractivity contribution in [3.8, 4) is 6.07 Å². The van der Waals surface area contributed by atoms with Crippen molar-refractivity contribution in [1.82, 2.24) is 10.3 Å². The molecule has 0 bridgehead atoms. The molecule has 4 N–H and O–H groups in total. The molecule has 3 atom stereocenters. The number of hydrogen-bond acceptors (Lipinski definition) is 8. The van der Waals surface area contributed by atoms with Crippen molar-refractivity contribution in [1.29, 1.82) is 5.26 Å². The van der Waals surface area contributed by atoms with E-state index < -0.39 is 34.2 Å². The number of oxazole rings is 1. The summed E-state index contributed by atoms with van der Waals surface area (Å²) in [6.07, 6.45) is -0.369. The first-order chi connectivity index (χ1) is 13.7. The van der Waals surface area contributed by atoms with Gasteiger partial charge >= 0.3 is 6.01 Å². The number of anilines is 1. The lowest BCUT2D eigenvalue weighted by atomic mass is 9.95. The summed E-state index contributed by atoms with van der Waals surface area (Å²) in [6, 6.07) is 9.66. The van der Waals surface area contributed by atoms with Crippen LogP contribution in [-0.4, -0.2) is 54.0 Å². The normalized spacial score (nSPS) is 14.4. The molecular weight excluding hydrogens is 400 g/mol. The average Bonchev–Trinajstić information content (AvgIpc) is 3.12. The number of aromatic nitrogens is 1. The molecule has 11 heteroatoms. The Morgan fingerprint density at radius 1 is 1.31 bits per heavy atom. The smallest absolute Gasteiger partial charge is 0.309 e. The minimum Gasteiger partial charge on any atom is -0.431 e. The van der Waals surface area contributed by atoms with Gasteiger partial charge < -0.3 is 19.9 Å². The van der Waals surface area contributed by atoms with Gasteiger partial charge in [-0.2, -0.15) is 10.2 Å². The third-order valence-corrected chi connectivity index (χ3v) is 4.53. The van der Waals surface area contributed by atoms with Gasteiger partial charge in [0, 0.05) is 6.42 Å². The van der Waals surface area contributed by atoms with E-state index in [9.17, 15) is 23.4 Å². The molecule has 2 rings (SSSR count). The molecule has 0 aliphatic carbocycles. The maximum atomic E-state index is 12.5. The van der Waals surface area contributed by atoms with Gasteiger partial charge in [-0.15, -0.1) is 0 Å². The fourth-order valence-corrected chi connectivity index (χ4v) is 3.01. The first-order valence-corrected chi connectivity index (χ1v) is 10.6. The lowest BCUT2D eigenvalue weighted by molar-refractivity contribution is -0.00646. The molecule has 2 aromatic rings. The predicted molar refractivity (Wildman–Crippen MR) is 103 cm³/mol. The summed E-state index contributed by atoms with van der Waals surface area (Å²) in [5.41, 5.74) is 0.608. The molecule has 10 nitrogen and oxygen atoms in total. The second-order valence-corrected chi connectivity index (χ2v) is 8.18. The average molecular weight is 422 g/mol. The van der Waals surface area contributed by atoms with Gasteiger partial charge in [-0.05, 0) is 18.4 Å². The van der Waals surface area contributed by atoms with E-state index in [1.807, 2.05) is 16.9 Å². The molecule has 0 fully saturated rings. The van der Waals surface area contributed by atoms with Crippen molar-refractivity contribution in [2.45, 2.75) is 37.5 Å². The zero-order valence-corrected chi connectivity index (χ0v) is 16.5. The molecule has 1 heterocycles. The second kappa shape index (κ2) is 10.0. The maximum Gasteiger partial charge on any atom is 0.309 e. The van der Waals surface area contributed by atoms with Gasteiger partial charge in [0.15, 0.2) is 5.69 Å². The maximum absolute atomic E-state index is 12.5. The van der Waals surface area contributed by atoms with E-state index in [1.165, 1.54) is 0 Å². The van der Waals surface area contributed by atoms with Crippen LogP contribution in [0.2, 0.25) is 0 Å². The van der Waals surface area contributed by atoms with E-state index in [0.29, 0.717) is 0 Å². The van der Waals surface area contributed by atoms with Crippen LogP contribution in [0.4, 0.5) is 6.01 Å². The number of aliphatic hydroxyl groups is 2. The Morgan fingerprint density at radius 3 is 2.62 bits per heavy atom. The molecule has 1 aromatic heterocycles. The predicted octanol–water partition coefficient (Wildman–Crippen LogP) is 0.413. The van der Waals surface area contributed by atoms with E-state index in [0.717, 1.165) is 18.1 Å². The van der Waals surface area contributed by atoms with E-state index in [2.05, 4.69) is 10.3 Å². The Bertz CT molecular complexity index is 954. The Labute approximate surface area is 168 Å². The highest BCUT2D eigenvalue weighted by Gasteiger charge is 2.29. The highest BCUT2D eigenvalue weighted by Crippen LogP contribution is 2.14. The minimum atomic E-state index is -3.62. The first kappa shape index (κ1) is 22.4. The van der Waals surface area contributed by atoms with Crippen molar-refractivity contribution in [2.75, 3.05) is 11.0 Å². The Hall–Kier alpha value is -2.94. The van der Waals surface area contributed by atoms with E-state index in [-0.39, 0.29) is 31.0 Å². The number of sulfonamides is 1. The molecule has 3 unspecified atom stereocenters. The van der Waals surface area contributed by atoms with Crippen LogP contribution in [0.5, 0.6) is 0 Å². The molecule has 0 aliphatic heterocycles. The van der Waals surface area contributed by atoms with Crippen molar-refractivity contribution in [2.24, 2.45) is 0 Å². The second-order valence-electron chi connectivity index (χ2n) is 6.44. The highest BCUT2D eigenvalue weighted by molar-refractivity contribution is 7.91. The molecule has 1 amide bonds. The molecule has 29 heavy (non-hydrogen) atoms. The molecule has 0 spiro atoms. The van der Waals surface area contributed by atoms with Gasteiger partial charge in [0.1, 0.15) is 12.4 Å². The molecule has 1 aromatic carbocycles. The number of nitrogens with zero attached hydrogens (tertiary/aromatic N) is 2. The molecular formula is C18H22N4O6S. The summed E-state index contributed by atoms with van der Waals surface area (Å²) in [4.78, 5) is 16.3. The van der Waals surface area contributed by atoms with Gasteiger partial charge in [0.2, 0.25) is 10.0 Å². The topological polar surface area (TPSA) is 166 Å². The van der Waals surface area contributed by atoms with Crippen molar-refractivity contribution < 1.29 is 27.8 Å². The Balaban J connectivity index is 2.15. The Morgan fingerprint density at radius 2 is 2.00 bits per heavy atom. The summed E-state index contributed by atoms with van der Waals surface area (Å²) in [6.45, 7) is 0. The minimum absolute atomic E-state index is 0.0468. The number of nitrogens with one attached hydrogen (secondary N) is 2. The van der Waals surface area contributed by atoms with Gasteiger partial charge in [0.25, 0.3) is 5.91 Å². The van der Waals surface area contributed by atoms with Gasteiger partial charge in [-0.1, -0.05) is 30.3 Å². The highest BCUT2D eigenvalue weighted by atomic mass is 32.2. The number of hydrogen-bond donors (Lipinski definition) is 4. The van der Waals surface area contributed by atoms with Gasteiger partial charge in [-0.25, -0.2) is 13.1 Å². The summed E-state index contributed by atoms with van der Waals surface area (Å²) in [5, 5.41) is 31.9. The van der Waals surface area contributed by atoms with Gasteiger partial charge in [-0.3, -0.25) is 4.79 Å². The van der Waals surface area contributed by atoms with Crippen LogP contribution in [0.15, 0.2) is 41.0 Å². The Kier molecular flexibility index (Phi) is 7.72. The summed E-state index contributed by atoms with van der Waals surface area (Å²) in [7, 11) is -3.62. The van der Waals surface area contributed by atoms with Crippen LogP contribution in [0.1, 0.15) is 28.9 Å². The molecule has 0 saturated carbocycles. The molecule has 156 valence electrons. The number of carbonyl (C=O) groups excluding carboxylic acids is 1. The first-order valence-electron chi connectivity index (χ1n) is 8.71. The zero-order valence-electron chi connectivity index (χ0n) is 15.6. The summed E-state index contributed by atoms with van der Waals surface area (Å²) in [5.74, 6) is -0.720. The van der Waals surface area contributed by atoms with Crippen molar-refractivity contribution in [3.05, 3.63) is 47.9 Å². The monoisotopic (exact) mass is 422 g/mol. The molecule has 0 aliphatic rings. The third kappa shape index (κ3) is 7.19. The van der Waals surface area contributed by atoms with Gasteiger partial charge in [0.05, 0.1) is 24.5 Å². The quantitative estimate of drug-likeness (QED) is 0.427. The SMILES string of the molecule is CS(=O)(=O)Nc1nc(C(=O)NC(Cc2ccccc2)C(O)C(O)CCC#N)co1. The zero-order chi connectivity index (χ0) is 21.4. The molecule has 0 saturated heterocycles. The number of rotatable bonds is 10. The fraction of sp³-hybridized carbons (Fsp3) is 0.389. The van der Waals surface area contributed by atoms with E-state index in [1.54, 1.807) is 24.3 Å². The molecule has 0 radical (unpaired) electrons. The van der Waals surface area contributed by atoms with Crippen LogP contribution < -0.4 is 10.0 Å². The number of nitriles is 1.